The highest BCUT2D eigenvalue weighted by atomic mass is 19.1. The Balaban J connectivity index is 2.30. The Kier molecular flexibility index (Phi) is 5.92. The number of aromatic nitrogens is 1. The molecule has 1 heterocycles. The molecule has 1 aromatic heterocycles. The highest BCUT2D eigenvalue weighted by Crippen LogP contribution is 2.16. The predicted octanol–water partition coefficient (Wildman–Crippen LogP) is 1.27. The summed E-state index contributed by atoms with van der Waals surface area (Å²) in [4.78, 5) is 3.67. The van der Waals surface area contributed by atoms with E-state index < -0.39 is 0 Å². The van der Waals surface area contributed by atoms with Crippen molar-refractivity contribution in [1.82, 2.24) is 4.98 Å². The van der Waals surface area contributed by atoms with E-state index in [1.54, 1.807) is 13.2 Å². The van der Waals surface area contributed by atoms with Gasteiger partial charge < -0.3 is 15.2 Å². The monoisotopic (exact) mass is 228 g/mol. The number of nitrogens with zero attached hydrogens (tertiary/aromatic N) is 1. The van der Waals surface area contributed by atoms with Crippen molar-refractivity contribution in [3.8, 4) is 0 Å². The van der Waals surface area contributed by atoms with Crippen LogP contribution in [-0.2, 0) is 9.47 Å². The van der Waals surface area contributed by atoms with Crippen LogP contribution in [0.4, 0.5) is 4.39 Å². The number of hydrogen-bond acceptors (Lipinski definition) is 4. The quantitative estimate of drug-likeness (QED) is 0.714. The molecule has 2 N–H and O–H groups in total. The molecule has 0 radical (unpaired) electrons. The van der Waals surface area contributed by atoms with Gasteiger partial charge in [0, 0.05) is 31.5 Å². The van der Waals surface area contributed by atoms with Gasteiger partial charge in [-0.15, -0.1) is 0 Å². The van der Waals surface area contributed by atoms with Gasteiger partial charge in [0.2, 0.25) is 0 Å². The van der Waals surface area contributed by atoms with Crippen LogP contribution >= 0.6 is 0 Å². The number of rotatable bonds is 7. The van der Waals surface area contributed by atoms with Crippen LogP contribution in [0.1, 0.15) is 18.0 Å². The smallest absolute Gasteiger partial charge is 0.146 e. The SMILES string of the molecule is COCCOCCC(N)c1ccncc1F. The second kappa shape index (κ2) is 7.27. The first kappa shape index (κ1) is 13.0. The molecule has 5 heteroatoms. The average molecular weight is 228 g/mol. The van der Waals surface area contributed by atoms with Crippen molar-refractivity contribution in [2.24, 2.45) is 5.73 Å². The Morgan fingerprint density at radius 2 is 2.25 bits per heavy atom. The molecule has 1 rings (SSSR count). The van der Waals surface area contributed by atoms with Gasteiger partial charge in [0.25, 0.3) is 0 Å². The molecule has 0 fully saturated rings. The number of ether oxygens (including phenoxy) is 2. The molecule has 0 aromatic carbocycles. The maximum absolute atomic E-state index is 13.3. The minimum Gasteiger partial charge on any atom is -0.382 e. The first-order chi connectivity index (χ1) is 7.75. The van der Waals surface area contributed by atoms with Crippen molar-refractivity contribution >= 4 is 0 Å². The van der Waals surface area contributed by atoms with Crippen molar-refractivity contribution in [1.29, 1.82) is 0 Å². The second-order valence-electron chi connectivity index (χ2n) is 3.40. The van der Waals surface area contributed by atoms with Crippen molar-refractivity contribution in [3.63, 3.8) is 0 Å². The largest absolute Gasteiger partial charge is 0.382 e. The average Bonchev–Trinajstić information content (AvgIpc) is 2.29. The Bertz CT molecular complexity index is 310. The van der Waals surface area contributed by atoms with E-state index in [1.165, 1.54) is 12.4 Å². The highest BCUT2D eigenvalue weighted by molar-refractivity contribution is 5.16. The zero-order valence-electron chi connectivity index (χ0n) is 9.36. The summed E-state index contributed by atoms with van der Waals surface area (Å²) in [5, 5.41) is 0. The lowest BCUT2D eigenvalue weighted by atomic mass is 10.1. The fourth-order valence-electron chi connectivity index (χ4n) is 1.30. The highest BCUT2D eigenvalue weighted by Gasteiger charge is 2.10. The van der Waals surface area contributed by atoms with Crippen LogP contribution in [0.5, 0.6) is 0 Å². The Morgan fingerprint density at radius 1 is 1.44 bits per heavy atom. The van der Waals surface area contributed by atoms with Crippen LogP contribution in [0.3, 0.4) is 0 Å². The summed E-state index contributed by atoms with van der Waals surface area (Å²) in [7, 11) is 1.61. The molecule has 0 aliphatic carbocycles. The van der Waals surface area contributed by atoms with Crippen molar-refractivity contribution in [2.45, 2.75) is 12.5 Å². The molecule has 0 aliphatic heterocycles. The van der Waals surface area contributed by atoms with Crippen LogP contribution in [0, 0.1) is 5.82 Å². The standard InChI is InChI=1S/C11H17FN2O2/c1-15-6-7-16-5-3-11(13)9-2-4-14-8-10(9)12/h2,4,8,11H,3,5-7,13H2,1H3. The summed E-state index contributed by atoms with van der Waals surface area (Å²) in [6.45, 7) is 1.58. The van der Waals surface area contributed by atoms with Gasteiger partial charge in [-0.25, -0.2) is 4.39 Å². The van der Waals surface area contributed by atoms with E-state index in [0.717, 1.165) is 0 Å². The van der Waals surface area contributed by atoms with Crippen molar-refractivity contribution in [3.05, 3.63) is 29.8 Å². The van der Waals surface area contributed by atoms with E-state index in [2.05, 4.69) is 4.98 Å². The van der Waals surface area contributed by atoms with Gasteiger partial charge in [-0.3, -0.25) is 4.98 Å². The van der Waals surface area contributed by atoms with Crippen LogP contribution in [0.25, 0.3) is 0 Å². The number of nitrogens with two attached hydrogens (primary N) is 1. The van der Waals surface area contributed by atoms with E-state index in [0.29, 0.717) is 31.8 Å². The third-order valence-electron chi connectivity index (χ3n) is 2.21. The molecule has 0 aliphatic rings. The summed E-state index contributed by atoms with van der Waals surface area (Å²) in [6.07, 6.45) is 3.27. The molecule has 4 nitrogen and oxygen atoms in total. The molecular weight excluding hydrogens is 211 g/mol. The molecule has 0 bridgehead atoms. The second-order valence-corrected chi connectivity index (χ2v) is 3.40. The molecule has 0 saturated heterocycles. The first-order valence-electron chi connectivity index (χ1n) is 5.17. The first-order valence-corrected chi connectivity index (χ1v) is 5.17. The fraction of sp³-hybridized carbons (Fsp3) is 0.545. The van der Waals surface area contributed by atoms with E-state index in [9.17, 15) is 4.39 Å². The van der Waals surface area contributed by atoms with Crippen LogP contribution in [0.15, 0.2) is 18.5 Å². The molecular formula is C11H17FN2O2. The molecule has 1 atom stereocenters. The van der Waals surface area contributed by atoms with Gasteiger partial charge in [-0.05, 0) is 12.5 Å². The van der Waals surface area contributed by atoms with Gasteiger partial charge in [-0.1, -0.05) is 0 Å². The predicted molar refractivity (Wildman–Crippen MR) is 58.4 cm³/mol. The Labute approximate surface area is 94.6 Å². The summed E-state index contributed by atoms with van der Waals surface area (Å²) in [5.41, 5.74) is 6.31. The molecule has 1 aromatic rings. The lowest BCUT2D eigenvalue weighted by Gasteiger charge is -2.12. The van der Waals surface area contributed by atoms with Crippen LogP contribution in [-0.4, -0.2) is 31.9 Å². The number of pyridine rings is 1. The normalized spacial score (nSPS) is 12.7. The molecule has 0 amide bonds. The minimum absolute atomic E-state index is 0.356. The molecule has 0 saturated carbocycles. The third-order valence-corrected chi connectivity index (χ3v) is 2.21. The van der Waals surface area contributed by atoms with E-state index in [1.807, 2.05) is 0 Å². The molecule has 16 heavy (non-hydrogen) atoms. The number of methoxy groups -OCH3 is 1. The third kappa shape index (κ3) is 4.22. The van der Waals surface area contributed by atoms with Gasteiger partial charge in [0.15, 0.2) is 0 Å². The van der Waals surface area contributed by atoms with E-state index in [4.69, 9.17) is 15.2 Å². The zero-order chi connectivity index (χ0) is 11.8. The maximum atomic E-state index is 13.3. The molecule has 0 spiro atoms. The fourth-order valence-corrected chi connectivity index (χ4v) is 1.30. The van der Waals surface area contributed by atoms with Crippen molar-refractivity contribution in [2.75, 3.05) is 26.9 Å². The van der Waals surface area contributed by atoms with Gasteiger partial charge in [0.1, 0.15) is 5.82 Å². The van der Waals surface area contributed by atoms with E-state index in [-0.39, 0.29) is 11.9 Å². The summed E-state index contributed by atoms with van der Waals surface area (Å²) < 4.78 is 23.4. The van der Waals surface area contributed by atoms with Gasteiger partial charge in [-0.2, -0.15) is 0 Å². The summed E-state index contributed by atoms with van der Waals surface area (Å²) in [5.74, 6) is -0.369. The Hall–Kier alpha value is -1.04. The Morgan fingerprint density at radius 3 is 2.94 bits per heavy atom. The lowest BCUT2D eigenvalue weighted by molar-refractivity contribution is 0.0671. The van der Waals surface area contributed by atoms with Gasteiger partial charge in [0.05, 0.1) is 19.4 Å². The summed E-state index contributed by atoms with van der Waals surface area (Å²) >= 11 is 0. The topological polar surface area (TPSA) is 57.4 Å². The van der Waals surface area contributed by atoms with Gasteiger partial charge >= 0.3 is 0 Å². The van der Waals surface area contributed by atoms with E-state index >= 15 is 0 Å². The number of hydrogen-bond donors (Lipinski definition) is 1. The minimum atomic E-state index is -0.369. The summed E-state index contributed by atoms with van der Waals surface area (Å²) in [6, 6.07) is 1.24. The lowest BCUT2D eigenvalue weighted by Crippen LogP contribution is -2.15. The molecule has 1 unspecified atom stereocenters. The van der Waals surface area contributed by atoms with Crippen LogP contribution in [0.2, 0.25) is 0 Å². The van der Waals surface area contributed by atoms with Crippen LogP contribution < -0.4 is 5.73 Å². The molecule has 90 valence electrons. The maximum Gasteiger partial charge on any atom is 0.146 e. The van der Waals surface area contributed by atoms with Crippen molar-refractivity contribution < 1.29 is 13.9 Å². The number of halogens is 1. The zero-order valence-corrected chi connectivity index (χ0v) is 9.36.